The molecule has 140 valence electrons. The van der Waals surface area contributed by atoms with Gasteiger partial charge in [0.15, 0.2) is 9.84 Å². The number of thioether (sulfide) groups is 1. The van der Waals surface area contributed by atoms with Crippen LogP contribution in [0.25, 0.3) is 10.9 Å². The molecule has 1 saturated heterocycles. The molecule has 0 radical (unpaired) electrons. The monoisotopic (exact) mass is 393 g/mol. The zero-order chi connectivity index (χ0) is 18.6. The summed E-state index contributed by atoms with van der Waals surface area (Å²) in [5, 5.41) is 1.70. The van der Waals surface area contributed by atoms with Crippen molar-refractivity contribution in [3.05, 3.63) is 30.6 Å². The van der Waals surface area contributed by atoms with Gasteiger partial charge in [-0.05, 0) is 18.9 Å². The van der Waals surface area contributed by atoms with E-state index in [1.807, 2.05) is 24.3 Å². The lowest BCUT2D eigenvalue weighted by atomic mass is 10.2. The van der Waals surface area contributed by atoms with Crippen molar-refractivity contribution in [2.45, 2.75) is 37.3 Å². The maximum atomic E-state index is 12.8. The van der Waals surface area contributed by atoms with Gasteiger partial charge in [-0.1, -0.05) is 43.3 Å². The number of benzene rings is 1. The highest BCUT2D eigenvalue weighted by molar-refractivity contribution is 8.00. The van der Waals surface area contributed by atoms with E-state index in [0.717, 1.165) is 28.8 Å². The first kappa shape index (κ1) is 19.1. The predicted molar refractivity (Wildman–Crippen MR) is 104 cm³/mol. The molecule has 0 aliphatic carbocycles. The molecule has 0 N–H and O–H groups in total. The predicted octanol–water partition coefficient (Wildman–Crippen LogP) is 2.54. The first-order valence-electron chi connectivity index (χ1n) is 8.82. The summed E-state index contributed by atoms with van der Waals surface area (Å²) in [4.78, 5) is 23.1. The fraction of sp³-hybridized carbons (Fsp3) is 0.500. The van der Waals surface area contributed by atoms with Crippen molar-refractivity contribution >= 4 is 38.4 Å². The highest BCUT2D eigenvalue weighted by atomic mass is 32.2. The van der Waals surface area contributed by atoms with Crippen LogP contribution < -0.4 is 0 Å². The number of aromatic nitrogens is 2. The third-order valence-electron chi connectivity index (χ3n) is 4.56. The molecule has 6 nitrogen and oxygen atoms in total. The molecule has 0 saturated carbocycles. The molecule has 1 fully saturated rings. The molecule has 3 rings (SSSR count). The number of rotatable bonds is 7. The molecule has 1 atom stereocenters. The smallest absolute Gasteiger partial charge is 0.233 e. The molecule has 0 bridgehead atoms. The highest BCUT2D eigenvalue weighted by Gasteiger charge is 2.34. The summed E-state index contributed by atoms with van der Waals surface area (Å²) < 4.78 is 23.6. The number of amides is 1. The standard InChI is InChI=1S/C18H23N3O3S2/c1-2-3-9-21(14-8-10-26(23,24)12-14)17(22)11-25-18-15-6-4-5-7-16(15)19-13-20-18/h4-7,13-14H,2-3,8-12H2,1H3/t14-/m1/s1. The van der Waals surface area contributed by atoms with E-state index in [9.17, 15) is 13.2 Å². The number of carbonyl (C=O) groups is 1. The molecule has 1 amide bonds. The van der Waals surface area contributed by atoms with E-state index in [1.165, 1.54) is 18.1 Å². The number of carbonyl (C=O) groups excluding carboxylic acids is 1. The second kappa shape index (κ2) is 8.35. The first-order valence-corrected chi connectivity index (χ1v) is 11.6. The van der Waals surface area contributed by atoms with E-state index in [4.69, 9.17) is 0 Å². The minimum atomic E-state index is -3.02. The Morgan fingerprint density at radius 3 is 2.85 bits per heavy atom. The molecule has 2 heterocycles. The maximum Gasteiger partial charge on any atom is 0.233 e. The zero-order valence-electron chi connectivity index (χ0n) is 14.8. The van der Waals surface area contributed by atoms with Crippen LogP contribution in [0.2, 0.25) is 0 Å². The van der Waals surface area contributed by atoms with E-state index < -0.39 is 9.84 Å². The number of unbranched alkanes of at least 4 members (excludes halogenated alkanes) is 1. The third-order valence-corrected chi connectivity index (χ3v) is 7.30. The SMILES string of the molecule is CCCCN(C(=O)CSc1ncnc2ccccc12)[C@@H]1CCS(=O)(=O)C1. The van der Waals surface area contributed by atoms with Gasteiger partial charge in [0.25, 0.3) is 0 Å². The fourth-order valence-corrected chi connectivity index (χ4v) is 5.78. The number of sulfone groups is 1. The first-order chi connectivity index (χ1) is 12.5. The van der Waals surface area contributed by atoms with Crippen LogP contribution in [0, 0.1) is 0 Å². The summed E-state index contributed by atoms with van der Waals surface area (Å²) >= 11 is 1.39. The summed E-state index contributed by atoms with van der Waals surface area (Å²) in [5.74, 6) is 0.496. The second-order valence-corrected chi connectivity index (χ2v) is 9.67. The topological polar surface area (TPSA) is 80.2 Å². The van der Waals surface area contributed by atoms with Crippen LogP contribution in [0.4, 0.5) is 0 Å². The van der Waals surface area contributed by atoms with Crippen molar-refractivity contribution in [2.75, 3.05) is 23.8 Å². The van der Waals surface area contributed by atoms with Crippen molar-refractivity contribution in [1.82, 2.24) is 14.9 Å². The Hall–Kier alpha value is -1.67. The van der Waals surface area contributed by atoms with Gasteiger partial charge in [-0.25, -0.2) is 18.4 Å². The third kappa shape index (κ3) is 4.54. The Labute approximate surface area is 158 Å². The zero-order valence-corrected chi connectivity index (χ0v) is 16.4. The van der Waals surface area contributed by atoms with Crippen molar-refractivity contribution in [2.24, 2.45) is 0 Å². The van der Waals surface area contributed by atoms with Crippen molar-refractivity contribution in [3.8, 4) is 0 Å². The highest BCUT2D eigenvalue weighted by Crippen LogP contribution is 2.26. The summed E-state index contributed by atoms with van der Waals surface area (Å²) in [6.45, 7) is 2.68. The van der Waals surface area contributed by atoms with Crippen LogP contribution in [0.1, 0.15) is 26.2 Å². The minimum absolute atomic E-state index is 0.0201. The van der Waals surface area contributed by atoms with Gasteiger partial charge in [-0.3, -0.25) is 4.79 Å². The van der Waals surface area contributed by atoms with Crippen LogP contribution in [-0.4, -0.2) is 59.0 Å². The summed E-state index contributed by atoms with van der Waals surface area (Å²) in [6, 6.07) is 7.51. The molecule has 1 aliphatic heterocycles. The molecule has 1 aromatic heterocycles. The lowest BCUT2D eigenvalue weighted by Crippen LogP contribution is -2.42. The van der Waals surface area contributed by atoms with Crippen LogP contribution in [0.5, 0.6) is 0 Å². The number of para-hydroxylation sites is 1. The Kier molecular flexibility index (Phi) is 6.13. The van der Waals surface area contributed by atoms with E-state index >= 15 is 0 Å². The molecule has 1 aliphatic rings. The molecular formula is C18H23N3O3S2. The number of nitrogens with zero attached hydrogens (tertiary/aromatic N) is 3. The van der Waals surface area contributed by atoms with E-state index in [0.29, 0.717) is 13.0 Å². The second-order valence-electron chi connectivity index (χ2n) is 6.48. The largest absolute Gasteiger partial charge is 0.338 e. The van der Waals surface area contributed by atoms with Gasteiger partial charge < -0.3 is 4.90 Å². The fourth-order valence-electron chi connectivity index (χ4n) is 3.17. The molecule has 8 heteroatoms. The average molecular weight is 394 g/mol. The Morgan fingerprint density at radius 2 is 2.12 bits per heavy atom. The Balaban J connectivity index is 1.71. The minimum Gasteiger partial charge on any atom is -0.338 e. The lowest BCUT2D eigenvalue weighted by molar-refractivity contribution is -0.130. The average Bonchev–Trinajstić information content (AvgIpc) is 2.99. The Bertz CT molecular complexity index is 881. The quantitative estimate of drug-likeness (QED) is 0.531. The van der Waals surface area contributed by atoms with Gasteiger partial charge in [-0.2, -0.15) is 0 Å². The number of hydrogen-bond donors (Lipinski definition) is 0. The molecular weight excluding hydrogens is 370 g/mol. The van der Waals surface area contributed by atoms with Crippen LogP contribution in [-0.2, 0) is 14.6 Å². The van der Waals surface area contributed by atoms with Crippen LogP contribution >= 0.6 is 11.8 Å². The van der Waals surface area contributed by atoms with E-state index in [1.54, 1.807) is 4.90 Å². The number of fused-ring (bicyclic) bond motifs is 1. The number of hydrogen-bond acceptors (Lipinski definition) is 6. The molecule has 2 aromatic rings. The summed E-state index contributed by atoms with van der Waals surface area (Å²) in [5.41, 5.74) is 0.849. The summed E-state index contributed by atoms with van der Waals surface area (Å²) in [7, 11) is -3.02. The van der Waals surface area contributed by atoms with Gasteiger partial charge in [0.05, 0.1) is 22.8 Å². The molecule has 0 unspecified atom stereocenters. The normalized spacial score (nSPS) is 18.9. The molecule has 1 aromatic carbocycles. The van der Waals surface area contributed by atoms with Gasteiger partial charge >= 0.3 is 0 Å². The lowest BCUT2D eigenvalue weighted by Gasteiger charge is -2.28. The van der Waals surface area contributed by atoms with Gasteiger partial charge in [-0.15, -0.1) is 0 Å². The van der Waals surface area contributed by atoms with E-state index in [-0.39, 0.29) is 29.2 Å². The van der Waals surface area contributed by atoms with Gasteiger partial charge in [0.1, 0.15) is 11.4 Å². The van der Waals surface area contributed by atoms with Crippen molar-refractivity contribution in [1.29, 1.82) is 0 Å². The van der Waals surface area contributed by atoms with Crippen LogP contribution in [0.3, 0.4) is 0 Å². The van der Waals surface area contributed by atoms with Crippen LogP contribution in [0.15, 0.2) is 35.6 Å². The van der Waals surface area contributed by atoms with Gasteiger partial charge in [0.2, 0.25) is 5.91 Å². The van der Waals surface area contributed by atoms with E-state index in [2.05, 4.69) is 16.9 Å². The van der Waals surface area contributed by atoms with Crippen molar-refractivity contribution in [3.63, 3.8) is 0 Å². The molecule has 26 heavy (non-hydrogen) atoms. The Morgan fingerprint density at radius 1 is 1.31 bits per heavy atom. The van der Waals surface area contributed by atoms with Gasteiger partial charge in [0, 0.05) is 18.0 Å². The molecule has 0 spiro atoms. The summed E-state index contributed by atoms with van der Waals surface area (Å²) in [6.07, 6.45) is 3.89. The van der Waals surface area contributed by atoms with Crippen molar-refractivity contribution < 1.29 is 13.2 Å². The maximum absolute atomic E-state index is 12.8.